The largest absolute Gasteiger partial charge is 0.500 e. The number of halogens is 4. The molecule has 2 nitrogen and oxygen atoms in total. The lowest BCUT2D eigenvalue weighted by atomic mass is 10.4. The fraction of sp³-hybridized carbons (Fsp3) is 0.571. The number of carbonyl (C=O) groups excluding carboxylic acids is 1. The van der Waals surface area contributed by atoms with Gasteiger partial charge in [-0.25, -0.2) is 0 Å². The summed E-state index contributed by atoms with van der Waals surface area (Å²) in [5, 5.41) is -0.957. The van der Waals surface area contributed by atoms with Crippen LogP contribution in [-0.4, -0.2) is 18.6 Å². The molecular weight excluding hydrogens is 209 g/mol. The first-order valence-corrected chi connectivity index (χ1v) is 3.86. The molecule has 0 rings (SSSR count). The van der Waals surface area contributed by atoms with E-state index in [2.05, 4.69) is 4.74 Å². The third kappa shape index (κ3) is 4.77. The molecule has 0 aliphatic rings. The third-order valence-corrected chi connectivity index (χ3v) is 1.24. The topological polar surface area (TPSA) is 26.3 Å². The van der Waals surface area contributed by atoms with E-state index in [9.17, 15) is 18.0 Å². The summed E-state index contributed by atoms with van der Waals surface area (Å²) >= 11 is 5.02. The second-order valence-corrected chi connectivity index (χ2v) is 2.57. The highest BCUT2D eigenvalue weighted by Crippen LogP contribution is 2.22. The molecule has 13 heavy (non-hydrogen) atoms. The smallest absolute Gasteiger partial charge is 0.455 e. The number of alkyl halides is 3. The number of ketones is 1. The van der Waals surface area contributed by atoms with Gasteiger partial charge < -0.3 is 4.74 Å². The molecular formula is C7H8ClF3O2. The van der Waals surface area contributed by atoms with Gasteiger partial charge in [0.25, 0.3) is 5.78 Å². The molecule has 0 fully saturated rings. The van der Waals surface area contributed by atoms with Gasteiger partial charge in [-0.05, 0) is 6.42 Å². The molecule has 0 unspecified atom stereocenters. The van der Waals surface area contributed by atoms with E-state index in [0.29, 0.717) is 12.7 Å². The second kappa shape index (κ2) is 5.11. The highest BCUT2D eigenvalue weighted by Gasteiger charge is 2.40. The van der Waals surface area contributed by atoms with Crippen LogP contribution in [0.1, 0.15) is 13.3 Å². The predicted molar refractivity (Wildman–Crippen MR) is 41.2 cm³/mol. The Labute approximate surface area is 78.3 Å². The first kappa shape index (κ1) is 12.3. The standard InChI is InChI=1S/C7H8ClF3O2/c1-2-3-13-4-5(8)6(12)7(9,10)11/h4H,2-3H2,1H3. The molecule has 0 radical (unpaired) electrons. The van der Waals surface area contributed by atoms with Crippen molar-refractivity contribution in [1.82, 2.24) is 0 Å². The molecule has 0 aliphatic heterocycles. The summed E-state index contributed by atoms with van der Waals surface area (Å²) in [5.74, 6) is -2.09. The minimum atomic E-state index is -4.94. The van der Waals surface area contributed by atoms with Crippen molar-refractivity contribution in [3.8, 4) is 0 Å². The minimum absolute atomic E-state index is 0.224. The average Bonchev–Trinajstić information content (AvgIpc) is 2.01. The molecule has 0 N–H and O–H groups in total. The van der Waals surface area contributed by atoms with E-state index in [4.69, 9.17) is 11.6 Å². The fourth-order valence-corrected chi connectivity index (χ4v) is 0.609. The molecule has 0 atom stereocenters. The molecule has 0 bridgehead atoms. The number of ether oxygens (including phenoxy) is 1. The maximum Gasteiger partial charge on any atom is 0.455 e. The summed E-state index contributed by atoms with van der Waals surface area (Å²) < 4.78 is 39.6. The SMILES string of the molecule is CCCOC=C(Cl)C(=O)C(F)(F)F. The molecule has 0 amide bonds. The lowest BCUT2D eigenvalue weighted by molar-refractivity contribution is -0.165. The van der Waals surface area contributed by atoms with Crippen molar-refractivity contribution < 1.29 is 22.7 Å². The summed E-state index contributed by atoms with van der Waals surface area (Å²) in [7, 11) is 0. The molecule has 0 heterocycles. The molecule has 0 spiro atoms. The van der Waals surface area contributed by atoms with E-state index in [1.807, 2.05) is 0 Å². The number of allylic oxidation sites excluding steroid dienone is 1. The average molecular weight is 217 g/mol. The number of rotatable bonds is 4. The van der Waals surface area contributed by atoms with Gasteiger partial charge in [-0.3, -0.25) is 4.79 Å². The van der Waals surface area contributed by atoms with Gasteiger partial charge in [-0.15, -0.1) is 0 Å². The summed E-state index contributed by atoms with van der Waals surface area (Å²) in [5.41, 5.74) is 0. The molecule has 0 aliphatic carbocycles. The number of hydrogen-bond donors (Lipinski definition) is 0. The van der Waals surface area contributed by atoms with Crippen LogP contribution in [-0.2, 0) is 9.53 Å². The van der Waals surface area contributed by atoms with E-state index in [1.54, 1.807) is 6.92 Å². The zero-order chi connectivity index (χ0) is 10.5. The van der Waals surface area contributed by atoms with Crippen LogP contribution in [0.15, 0.2) is 11.3 Å². The van der Waals surface area contributed by atoms with Crippen LogP contribution in [0.2, 0.25) is 0 Å². The Morgan fingerprint density at radius 1 is 1.54 bits per heavy atom. The van der Waals surface area contributed by atoms with Crippen LogP contribution in [0.3, 0.4) is 0 Å². The maximum atomic E-state index is 11.7. The van der Waals surface area contributed by atoms with Crippen LogP contribution >= 0.6 is 11.6 Å². The first-order chi connectivity index (χ1) is 5.89. The van der Waals surface area contributed by atoms with Crippen molar-refractivity contribution in [2.24, 2.45) is 0 Å². The Kier molecular flexibility index (Phi) is 4.83. The Hall–Kier alpha value is -0.710. The molecule has 6 heteroatoms. The third-order valence-electron chi connectivity index (χ3n) is 0.983. The van der Waals surface area contributed by atoms with Crippen LogP contribution in [0.4, 0.5) is 13.2 Å². The number of Topliss-reactive ketones (excluding diaryl/α,β-unsaturated/α-hetero) is 1. The Morgan fingerprint density at radius 2 is 2.08 bits per heavy atom. The number of hydrogen-bond acceptors (Lipinski definition) is 2. The Bertz CT molecular complexity index is 210. The first-order valence-electron chi connectivity index (χ1n) is 3.48. The van der Waals surface area contributed by atoms with Crippen molar-refractivity contribution in [1.29, 1.82) is 0 Å². The normalized spacial score (nSPS) is 12.8. The molecule has 0 aromatic heterocycles. The van der Waals surface area contributed by atoms with E-state index in [-0.39, 0.29) is 6.61 Å². The highest BCUT2D eigenvalue weighted by atomic mass is 35.5. The van der Waals surface area contributed by atoms with Crippen molar-refractivity contribution in [2.45, 2.75) is 19.5 Å². The zero-order valence-electron chi connectivity index (χ0n) is 6.82. The lowest BCUT2D eigenvalue weighted by Gasteiger charge is -2.03. The van der Waals surface area contributed by atoms with Gasteiger partial charge in [-0.2, -0.15) is 13.2 Å². The second-order valence-electron chi connectivity index (χ2n) is 2.16. The molecule has 0 saturated heterocycles. The van der Waals surface area contributed by atoms with E-state index < -0.39 is 17.0 Å². The molecule has 0 saturated carbocycles. The fourth-order valence-electron chi connectivity index (χ4n) is 0.439. The van der Waals surface area contributed by atoms with Crippen LogP contribution < -0.4 is 0 Å². The van der Waals surface area contributed by atoms with Gasteiger partial charge in [-0.1, -0.05) is 18.5 Å². The Balaban J connectivity index is 4.18. The number of carbonyl (C=O) groups is 1. The van der Waals surface area contributed by atoms with Gasteiger partial charge in [0.2, 0.25) is 0 Å². The van der Waals surface area contributed by atoms with Gasteiger partial charge in [0.05, 0.1) is 6.61 Å². The minimum Gasteiger partial charge on any atom is -0.500 e. The Morgan fingerprint density at radius 3 is 2.46 bits per heavy atom. The van der Waals surface area contributed by atoms with Gasteiger partial charge in [0.15, 0.2) is 0 Å². The predicted octanol–water partition coefficient (Wildman–Crippen LogP) is 2.62. The quantitative estimate of drug-likeness (QED) is 0.410. The van der Waals surface area contributed by atoms with Crippen molar-refractivity contribution >= 4 is 17.4 Å². The van der Waals surface area contributed by atoms with Gasteiger partial charge in [0, 0.05) is 0 Å². The van der Waals surface area contributed by atoms with Crippen LogP contribution in [0, 0.1) is 0 Å². The molecule has 0 aromatic carbocycles. The summed E-state index contributed by atoms with van der Waals surface area (Å²) in [6.45, 7) is 1.99. The van der Waals surface area contributed by atoms with Crippen LogP contribution in [0.25, 0.3) is 0 Å². The van der Waals surface area contributed by atoms with E-state index >= 15 is 0 Å². The van der Waals surface area contributed by atoms with Gasteiger partial charge in [0.1, 0.15) is 11.3 Å². The van der Waals surface area contributed by atoms with Crippen LogP contribution in [0.5, 0.6) is 0 Å². The highest BCUT2D eigenvalue weighted by molar-refractivity contribution is 6.43. The maximum absolute atomic E-state index is 11.7. The molecule has 0 aromatic rings. The summed E-state index contributed by atoms with van der Waals surface area (Å²) in [4.78, 5) is 10.4. The van der Waals surface area contributed by atoms with E-state index in [1.165, 1.54) is 0 Å². The summed E-state index contributed by atoms with van der Waals surface area (Å²) in [6.07, 6.45) is -3.70. The lowest BCUT2D eigenvalue weighted by Crippen LogP contribution is -2.22. The monoisotopic (exact) mass is 216 g/mol. The van der Waals surface area contributed by atoms with E-state index in [0.717, 1.165) is 0 Å². The molecule has 76 valence electrons. The zero-order valence-corrected chi connectivity index (χ0v) is 7.58. The van der Waals surface area contributed by atoms with Gasteiger partial charge >= 0.3 is 6.18 Å². The van der Waals surface area contributed by atoms with Crippen molar-refractivity contribution in [3.63, 3.8) is 0 Å². The van der Waals surface area contributed by atoms with Crippen molar-refractivity contribution in [3.05, 3.63) is 11.3 Å². The summed E-state index contributed by atoms with van der Waals surface area (Å²) in [6, 6.07) is 0. The van der Waals surface area contributed by atoms with Crippen molar-refractivity contribution in [2.75, 3.05) is 6.61 Å².